The number of hydrogen-bond acceptors (Lipinski definition) is 2. The summed E-state index contributed by atoms with van der Waals surface area (Å²) in [6.45, 7) is 0.386. The molecule has 110 valence electrons. The first-order valence-electron chi connectivity index (χ1n) is 6.98. The second kappa shape index (κ2) is 5.69. The van der Waals surface area contributed by atoms with Crippen molar-refractivity contribution < 1.29 is 18.0 Å². The van der Waals surface area contributed by atoms with Gasteiger partial charge < -0.3 is 11.1 Å². The highest BCUT2D eigenvalue weighted by atomic mass is 19.4. The van der Waals surface area contributed by atoms with Gasteiger partial charge in [0.1, 0.15) is 0 Å². The minimum Gasteiger partial charge on any atom is -0.354 e. The van der Waals surface area contributed by atoms with Gasteiger partial charge in [0, 0.05) is 18.5 Å². The molecule has 2 fully saturated rings. The standard InChI is InChI=1S/C13H21F3N2O/c14-13(15,16)10-3-1-2-9(6-10)12(19)18-7-11(17)8-4-5-8/h8-11H,1-7,17H2,(H,18,19). The highest BCUT2D eigenvalue weighted by molar-refractivity contribution is 5.78. The molecule has 0 aromatic carbocycles. The van der Waals surface area contributed by atoms with Crippen LogP contribution >= 0.6 is 0 Å². The van der Waals surface area contributed by atoms with Crippen molar-refractivity contribution in [2.24, 2.45) is 23.5 Å². The van der Waals surface area contributed by atoms with Crippen LogP contribution in [0.5, 0.6) is 0 Å². The summed E-state index contributed by atoms with van der Waals surface area (Å²) in [4.78, 5) is 11.9. The number of nitrogens with one attached hydrogen (secondary N) is 1. The Bertz CT molecular complexity index is 328. The van der Waals surface area contributed by atoms with Crippen LogP contribution in [0.1, 0.15) is 38.5 Å². The molecular formula is C13H21F3N2O. The number of carbonyl (C=O) groups excluding carboxylic acids is 1. The molecule has 2 aliphatic carbocycles. The maximum absolute atomic E-state index is 12.7. The van der Waals surface area contributed by atoms with E-state index in [-0.39, 0.29) is 24.8 Å². The zero-order valence-corrected chi connectivity index (χ0v) is 10.9. The Morgan fingerprint density at radius 1 is 1.26 bits per heavy atom. The maximum atomic E-state index is 12.7. The second-order valence-corrected chi connectivity index (χ2v) is 5.85. The Labute approximate surface area is 111 Å². The van der Waals surface area contributed by atoms with E-state index in [4.69, 9.17) is 5.73 Å². The number of nitrogens with two attached hydrogens (primary N) is 1. The van der Waals surface area contributed by atoms with Crippen molar-refractivity contribution in [3.05, 3.63) is 0 Å². The summed E-state index contributed by atoms with van der Waals surface area (Å²) in [5.74, 6) is -1.61. The molecule has 2 saturated carbocycles. The fourth-order valence-corrected chi connectivity index (χ4v) is 2.78. The lowest BCUT2D eigenvalue weighted by molar-refractivity contribution is -0.186. The van der Waals surface area contributed by atoms with Crippen LogP contribution in [0.15, 0.2) is 0 Å². The molecule has 2 aliphatic rings. The molecule has 3 atom stereocenters. The molecular weight excluding hydrogens is 257 g/mol. The summed E-state index contributed by atoms with van der Waals surface area (Å²) in [5, 5.41) is 2.71. The molecule has 1 amide bonds. The zero-order chi connectivity index (χ0) is 14.0. The van der Waals surface area contributed by atoms with Crippen LogP contribution < -0.4 is 11.1 Å². The van der Waals surface area contributed by atoms with E-state index in [0.29, 0.717) is 25.3 Å². The topological polar surface area (TPSA) is 55.1 Å². The van der Waals surface area contributed by atoms with E-state index >= 15 is 0 Å². The smallest absolute Gasteiger partial charge is 0.354 e. The van der Waals surface area contributed by atoms with Gasteiger partial charge in [0.05, 0.1) is 5.92 Å². The quantitative estimate of drug-likeness (QED) is 0.828. The molecule has 0 radical (unpaired) electrons. The van der Waals surface area contributed by atoms with Crippen LogP contribution in [-0.2, 0) is 4.79 Å². The van der Waals surface area contributed by atoms with Crippen molar-refractivity contribution in [2.75, 3.05) is 6.54 Å². The van der Waals surface area contributed by atoms with Crippen LogP contribution in [0.4, 0.5) is 13.2 Å². The highest BCUT2D eigenvalue weighted by Crippen LogP contribution is 2.40. The molecule has 0 spiro atoms. The first-order valence-corrected chi connectivity index (χ1v) is 6.98. The van der Waals surface area contributed by atoms with E-state index in [1.165, 1.54) is 0 Å². The number of hydrogen-bond donors (Lipinski definition) is 2. The molecule has 6 heteroatoms. The van der Waals surface area contributed by atoms with Gasteiger partial charge in [-0.05, 0) is 38.0 Å². The number of carbonyl (C=O) groups is 1. The molecule has 0 heterocycles. The minimum atomic E-state index is -4.18. The van der Waals surface area contributed by atoms with Crippen molar-refractivity contribution >= 4 is 5.91 Å². The zero-order valence-electron chi connectivity index (χ0n) is 10.9. The number of amides is 1. The van der Waals surface area contributed by atoms with Crippen molar-refractivity contribution in [1.29, 1.82) is 0 Å². The average molecular weight is 278 g/mol. The largest absolute Gasteiger partial charge is 0.391 e. The van der Waals surface area contributed by atoms with E-state index in [1.807, 2.05) is 0 Å². The average Bonchev–Trinajstić information content (AvgIpc) is 3.19. The summed E-state index contributed by atoms with van der Waals surface area (Å²) >= 11 is 0. The molecule has 0 aromatic heterocycles. The van der Waals surface area contributed by atoms with Gasteiger partial charge in [-0.3, -0.25) is 4.79 Å². The first-order chi connectivity index (χ1) is 8.88. The van der Waals surface area contributed by atoms with Crippen LogP contribution in [0.2, 0.25) is 0 Å². The Morgan fingerprint density at radius 2 is 1.95 bits per heavy atom. The van der Waals surface area contributed by atoms with Crippen LogP contribution in [0.3, 0.4) is 0 Å². The van der Waals surface area contributed by atoms with Crippen molar-refractivity contribution in [1.82, 2.24) is 5.32 Å². The predicted octanol–water partition coefficient (Wildman–Crippen LogP) is 2.21. The molecule has 0 bridgehead atoms. The second-order valence-electron chi connectivity index (χ2n) is 5.85. The molecule has 0 aliphatic heterocycles. The summed E-state index contributed by atoms with van der Waals surface area (Å²) in [6.07, 6.45) is -0.895. The van der Waals surface area contributed by atoms with Gasteiger partial charge in [-0.25, -0.2) is 0 Å². The first kappa shape index (κ1) is 14.6. The lowest BCUT2D eigenvalue weighted by Crippen LogP contribution is -2.43. The fraction of sp³-hybridized carbons (Fsp3) is 0.923. The SMILES string of the molecule is NC(CNC(=O)C1CCCC(C(F)(F)F)C1)C1CC1. The third-order valence-corrected chi connectivity index (χ3v) is 4.25. The molecule has 3 N–H and O–H groups in total. The summed E-state index contributed by atoms with van der Waals surface area (Å²) < 4.78 is 38.0. The third kappa shape index (κ3) is 4.09. The molecule has 0 saturated heterocycles. The van der Waals surface area contributed by atoms with Crippen LogP contribution in [-0.4, -0.2) is 24.7 Å². The molecule has 2 rings (SSSR count). The van der Waals surface area contributed by atoms with E-state index in [2.05, 4.69) is 5.32 Å². The lowest BCUT2D eigenvalue weighted by atomic mass is 9.80. The third-order valence-electron chi connectivity index (χ3n) is 4.25. The van der Waals surface area contributed by atoms with Crippen molar-refractivity contribution in [2.45, 2.75) is 50.7 Å². The lowest BCUT2D eigenvalue weighted by Gasteiger charge is -2.30. The predicted molar refractivity (Wildman–Crippen MR) is 65.2 cm³/mol. The molecule has 19 heavy (non-hydrogen) atoms. The monoisotopic (exact) mass is 278 g/mol. The minimum absolute atomic E-state index is 0.0500. The Balaban J connectivity index is 1.78. The number of rotatable bonds is 4. The summed E-state index contributed by atoms with van der Waals surface area (Å²) in [7, 11) is 0. The Hall–Kier alpha value is -0.780. The van der Waals surface area contributed by atoms with Gasteiger partial charge in [0.2, 0.25) is 5.91 Å². The Morgan fingerprint density at radius 3 is 2.53 bits per heavy atom. The fourth-order valence-electron chi connectivity index (χ4n) is 2.78. The van der Waals surface area contributed by atoms with Gasteiger partial charge in [-0.2, -0.15) is 13.2 Å². The highest BCUT2D eigenvalue weighted by Gasteiger charge is 2.43. The van der Waals surface area contributed by atoms with Gasteiger partial charge in [0.25, 0.3) is 0 Å². The Kier molecular flexibility index (Phi) is 4.38. The van der Waals surface area contributed by atoms with E-state index in [1.54, 1.807) is 0 Å². The van der Waals surface area contributed by atoms with Crippen LogP contribution in [0, 0.1) is 17.8 Å². The molecule has 0 aromatic rings. The van der Waals surface area contributed by atoms with Gasteiger partial charge in [-0.1, -0.05) is 6.42 Å². The normalized spacial score (nSPS) is 29.9. The van der Waals surface area contributed by atoms with Crippen molar-refractivity contribution in [3.63, 3.8) is 0 Å². The van der Waals surface area contributed by atoms with E-state index in [0.717, 1.165) is 12.8 Å². The van der Waals surface area contributed by atoms with Gasteiger partial charge >= 0.3 is 6.18 Å². The van der Waals surface area contributed by atoms with E-state index < -0.39 is 18.0 Å². The number of alkyl halides is 3. The molecule has 3 unspecified atom stereocenters. The number of halogens is 3. The summed E-state index contributed by atoms with van der Waals surface area (Å²) in [5.41, 5.74) is 5.86. The van der Waals surface area contributed by atoms with Gasteiger partial charge in [-0.15, -0.1) is 0 Å². The van der Waals surface area contributed by atoms with E-state index in [9.17, 15) is 18.0 Å². The summed E-state index contributed by atoms with van der Waals surface area (Å²) in [6, 6.07) is -0.0500. The maximum Gasteiger partial charge on any atom is 0.391 e. The van der Waals surface area contributed by atoms with Gasteiger partial charge in [0.15, 0.2) is 0 Å². The molecule has 3 nitrogen and oxygen atoms in total. The van der Waals surface area contributed by atoms with Crippen molar-refractivity contribution in [3.8, 4) is 0 Å². The van der Waals surface area contributed by atoms with Crippen LogP contribution in [0.25, 0.3) is 0 Å².